The van der Waals surface area contributed by atoms with Gasteiger partial charge in [0, 0.05) is 45.6 Å². The molecule has 0 atom stereocenters. The Bertz CT molecular complexity index is 286. The van der Waals surface area contributed by atoms with Crippen molar-refractivity contribution in [3.05, 3.63) is 0 Å². The molecule has 0 radical (unpaired) electrons. The summed E-state index contributed by atoms with van der Waals surface area (Å²) >= 11 is 0. The largest absolute Gasteiger partial charge is 0.360 e. The van der Waals surface area contributed by atoms with Crippen molar-refractivity contribution in [1.82, 2.24) is 9.80 Å². The molecule has 0 aromatic carbocycles. The average molecular weight is 251 g/mol. The van der Waals surface area contributed by atoms with Crippen LogP contribution in [-0.2, 0) is 4.74 Å². The predicted molar refractivity (Wildman–Crippen MR) is 71.3 cm³/mol. The van der Waals surface area contributed by atoms with Gasteiger partial charge in [-0.3, -0.25) is 0 Å². The number of nitrogens with zero attached hydrogens (tertiary/aromatic N) is 3. The smallest absolute Gasteiger partial charge is 0.156 e. The van der Waals surface area contributed by atoms with E-state index in [2.05, 4.69) is 15.9 Å². The van der Waals surface area contributed by atoms with E-state index in [1.807, 2.05) is 6.92 Å². The highest BCUT2D eigenvalue weighted by Crippen LogP contribution is 2.25. The Balaban J connectivity index is 1.70. The van der Waals surface area contributed by atoms with Gasteiger partial charge in [0.05, 0.1) is 6.07 Å². The molecule has 0 aromatic heterocycles. The lowest BCUT2D eigenvalue weighted by Crippen LogP contribution is -2.47. The van der Waals surface area contributed by atoms with Crippen LogP contribution in [0.2, 0.25) is 0 Å². The minimum Gasteiger partial charge on any atom is -0.360 e. The van der Waals surface area contributed by atoms with E-state index in [-0.39, 0.29) is 0 Å². The fourth-order valence-corrected chi connectivity index (χ4v) is 2.99. The summed E-state index contributed by atoms with van der Waals surface area (Å²) in [6.45, 7) is 9.49. The minimum absolute atomic E-state index is 0.501. The van der Waals surface area contributed by atoms with E-state index in [4.69, 9.17) is 4.74 Å². The third-order valence-electron chi connectivity index (χ3n) is 4.22. The summed E-state index contributed by atoms with van der Waals surface area (Å²) in [5, 5.41) is 9.26. The van der Waals surface area contributed by atoms with E-state index >= 15 is 0 Å². The molecule has 0 aromatic rings. The molecule has 2 rings (SSSR count). The van der Waals surface area contributed by atoms with Crippen molar-refractivity contribution in [2.24, 2.45) is 0 Å². The molecule has 0 amide bonds. The molecule has 2 heterocycles. The molecule has 2 saturated heterocycles. The van der Waals surface area contributed by atoms with E-state index in [0.29, 0.717) is 6.61 Å². The van der Waals surface area contributed by atoms with Crippen LogP contribution in [0.4, 0.5) is 0 Å². The first-order valence-electron chi connectivity index (χ1n) is 7.28. The van der Waals surface area contributed by atoms with Gasteiger partial charge >= 0.3 is 0 Å². The van der Waals surface area contributed by atoms with E-state index in [1.54, 1.807) is 0 Å². The number of piperidine rings is 1. The number of rotatable bonds is 5. The monoisotopic (exact) mass is 251 g/mol. The Morgan fingerprint density at radius 1 is 1.06 bits per heavy atom. The van der Waals surface area contributed by atoms with Crippen molar-refractivity contribution in [1.29, 1.82) is 5.26 Å². The van der Waals surface area contributed by atoms with Crippen molar-refractivity contribution in [2.75, 3.05) is 45.9 Å². The van der Waals surface area contributed by atoms with E-state index in [1.165, 1.54) is 32.5 Å². The van der Waals surface area contributed by atoms with Crippen LogP contribution in [0, 0.1) is 11.3 Å². The number of hydrogen-bond donors (Lipinski definition) is 0. The standard InChI is InChI=1S/C14H25N3O/c1-2-18-14(13-15)5-9-17(10-6-14)12-11-16-7-3-4-8-16/h2-12H2,1H3. The van der Waals surface area contributed by atoms with Gasteiger partial charge in [0.1, 0.15) is 0 Å². The Morgan fingerprint density at radius 2 is 1.61 bits per heavy atom. The van der Waals surface area contributed by atoms with Crippen LogP contribution in [0.5, 0.6) is 0 Å². The summed E-state index contributed by atoms with van der Waals surface area (Å²) in [6.07, 6.45) is 4.44. The van der Waals surface area contributed by atoms with Crippen LogP contribution in [0.1, 0.15) is 32.6 Å². The number of likely N-dealkylation sites (tertiary alicyclic amines) is 2. The van der Waals surface area contributed by atoms with Gasteiger partial charge in [-0.25, -0.2) is 0 Å². The second-order valence-electron chi connectivity index (χ2n) is 5.43. The van der Waals surface area contributed by atoms with Crippen molar-refractivity contribution >= 4 is 0 Å². The number of nitriles is 1. The lowest BCUT2D eigenvalue weighted by atomic mass is 9.92. The lowest BCUT2D eigenvalue weighted by Gasteiger charge is -2.37. The SMILES string of the molecule is CCOC1(C#N)CCN(CCN2CCCC2)CC1. The predicted octanol–water partition coefficient (Wildman–Crippen LogP) is 1.48. The highest BCUT2D eigenvalue weighted by molar-refractivity contribution is 5.04. The Morgan fingerprint density at radius 3 is 2.11 bits per heavy atom. The zero-order valence-electron chi connectivity index (χ0n) is 11.5. The van der Waals surface area contributed by atoms with Gasteiger partial charge in [-0.05, 0) is 32.9 Å². The Hall–Kier alpha value is -0.630. The first-order chi connectivity index (χ1) is 8.78. The summed E-state index contributed by atoms with van der Waals surface area (Å²) in [6, 6.07) is 2.38. The van der Waals surface area contributed by atoms with Gasteiger partial charge in [0.2, 0.25) is 0 Å². The van der Waals surface area contributed by atoms with Gasteiger partial charge in [-0.2, -0.15) is 5.26 Å². The first-order valence-corrected chi connectivity index (χ1v) is 7.28. The molecule has 4 nitrogen and oxygen atoms in total. The second kappa shape index (κ2) is 6.51. The third-order valence-corrected chi connectivity index (χ3v) is 4.22. The molecule has 2 fully saturated rings. The summed E-state index contributed by atoms with van der Waals surface area (Å²) in [4.78, 5) is 5.03. The third kappa shape index (κ3) is 3.44. The van der Waals surface area contributed by atoms with Gasteiger partial charge in [-0.15, -0.1) is 0 Å². The lowest BCUT2D eigenvalue weighted by molar-refractivity contribution is -0.0392. The molecule has 4 heteroatoms. The van der Waals surface area contributed by atoms with Gasteiger partial charge in [0.25, 0.3) is 0 Å². The summed E-state index contributed by atoms with van der Waals surface area (Å²) in [5.41, 5.74) is -0.501. The highest BCUT2D eigenvalue weighted by atomic mass is 16.5. The molecule has 0 spiro atoms. The fourth-order valence-electron chi connectivity index (χ4n) is 2.99. The van der Waals surface area contributed by atoms with Crippen LogP contribution >= 0.6 is 0 Å². The van der Waals surface area contributed by atoms with Gasteiger partial charge in [0.15, 0.2) is 5.60 Å². The van der Waals surface area contributed by atoms with Gasteiger partial charge < -0.3 is 14.5 Å². The second-order valence-corrected chi connectivity index (χ2v) is 5.43. The molecule has 0 bridgehead atoms. The van der Waals surface area contributed by atoms with E-state index < -0.39 is 5.60 Å². The van der Waals surface area contributed by atoms with Crippen LogP contribution < -0.4 is 0 Å². The zero-order chi connectivity index (χ0) is 12.8. The molecule has 2 aliphatic heterocycles. The normalized spacial score (nSPS) is 25.1. The zero-order valence-corrected chi connectivity index (χ0v) is 11.5. The molecule has 0 N–H and O–H groups in total. The maximum absolute atomic E-state index is 9.26. The Kier molecular flexibility index (Phi) is 4.99. The molecular weight excluding hydrogens is 226 g/mol. The molecule has 0 aliphatic carbocycles. The maximum Gasteiger partial charge on any atom is 0.156 e. The number of ether oxygens (including phenoxy) is 1. The number of hydrogen-bond acceptors (Lipinski definition) is 4. The average Bonchev–Trinajstić information content (AvgIpc) is 2.91. The highest BCUT2D eigenvalue weighted by Gasteiger charge is 2.35. The van der Waals surface area contributed by atoms with Crippen molar-refractivity contribution in [3.8, 4) is 6.07 Å². The van der Waals surface area contributed by atoms with E-state index in [9.17, 15) is 5.26 Å². The molecular formula is C14H25N3O. The van der Waals surface area contributed by atoms with Gasteiger partial charge in [-0.1, -0.05) is 0 Å². The van der Waals surface area contributed by atoms with Crippen LogP contribution in [-0.4, -0.2) is 61.3 Å². The van der Waals surface area contributed by atoms with Crippen LogP contribution in [0.3, 0.4) is 0 Å². The van der Waals surface area contributed by atoms with Crippen molar-refractivity contribution < 1.29 is 4.74 Å². The molecule has 0 saturated carbocycles. The Labute approximate surface area is 110 Å². The van der Waals surface area contributed by atoms with Crippen molar-refractivity contribution in [2.45, 2.75) is 38.2 Å². The molecule has 18 heavy (non-hydrogen) atoms. The maximum atomic E-state index is 9.26. The minimum atomic E-state index is -0.501. The summed E-state index contributed by atoms with van der Waals surface area (Å²) < 4.78 is 5.65. The molecule has 102 valence electrons. The molecule has 2 aliphatic rings. The first kappa shape index (κ1) is 13.8. The topological polar surface area (TPSA) is 39.5 Å². The van der Waals surface area contributed by atoms with E-state index in [0.717, 1.165) is 32.5 Å². The summed E-state index contributed by atoms with van der Waals surface area (Å²) in [7, 11) is 0. The quantitative estimate of drug-likeness (QED) is 0.742. The van der Waals surface area contributed by atoms with Crippen LogP contribution in [0.15, 0.2) is 0 Å². The van der Waals surface area contributed by atoms with Crippen molar-refractivity contribution in [3.63, 3.8) is 0 Å². The molecule has 0 unspecified atom stereocenters. The summed E-state index contributed by atoms with van der Waals surface area (Å²) in [5.74, 6) is 0. The van der Waals surface area contributed by atoms with Crippen LogP contribution in [0.25, 0.3) is 0 Å². The fraction of sp³-hybridized carbons (Fsp3) is 0.929.